The van der Waals surface area contributed by atoms with Crippen molar-refractivity contribution in [2.24, 2.45) is 5.41 Å². The first-order valence-electron chi connectivity index (χ1n) is 6.87. The minimum Gasteiger partial charge on any atom is -0.481 e. The number of benzene rings is 1. The monoisotopic (exact) mass is 288 g/mol. The van der Waals surface area contributed by atoms with Gasteiger partial charge >= 0.3 is 5.97 Å². The molecule has 2 aromatic rings. The van der Waals surface area contributed by atoms with Crippen LogP contribution in [0, 0.1) is 5.41 Å². The van der Waals surface area contributed by atoms with Gasteiger partial charge in [-0.3, -0.25) is 4.79 Å². The summed E-state index contributed by atoms with van der Waals surface area (Å²) in [6, 6.07) is 9.62. The molecule has 112 valence electrons. The van der Waals surface area contributed by atoms with Crippen molar-refractivity contribution in [3.8, 4) is 5.69 Å². The fraction of sp³-hybridized carbons (Fsp3) is 0.375. The lowest BCUT2D eigenvalue weighted by molar-refractivity contribution is -0.139. The summed E-state index contributed by atoms with van der Waals surface area (Å²) in [6.07, 6.45) is 3.07. The molecule has 0 fully saturated rings. The molecule has 0 aliphatic carbocycles. The molecule has 0 aliphatic heterocycles. The molecule has 5 nitrogen and oxygen atoms in total. The van der Waals surface area contributed by atoms with Crippen LogP contribution in [0.1, 0.15) is 38.4 Å². The number of aliphatic hydroxyl groups excluding tert-OH is 1. The highest BCUT2D eigenvalue weighted by Gasteiger charge is 2.26. The van der Waals surface area contributed by atoms with Gasteiger partial charge in [0.2, 0.25) is 0 Å². The number of aromatic nitrogens is 2. The van der Waals surface area contributed by atoms with Crippen LogP contribution in [0.3, 0.4) is 0 Å². The van der Waals surface area contributed by atoms with Gasteiger partial charge in [0.1, 0.15) is 0 Å². The number of carboxylic acid groups (broad SMARTS) is 1. The van der Waals surface area contributed by atoms with Crippen molar-refractivity contribution in [3.05, 3.63) is 48.3 Å². The van der Waals surface area contributed by atoms with Gasteiger partial charge in [0.15, 0.2) is 0 Å². The third kappa shape index (κ3) is 4.16. The van der Waals surface area contributed by atoms with Gasteiger partial charge in [0, 0.05) is 11.8 Å². The molecule has 0 amide bonds. The first-order chi connectivity index (χ1) is 9.87. The molecule has 1 aromatic carbocycles. The van der Waals surface area contributed by atoms with Crippen molar-refractivity contribution in [2.45, 2.75) is 32.8 Å². The highest BCUT2D eigenvalue weighted by Crippen LogP contribution is 2.32. The summed E-state index contributed by atoms with van der Waals surface area (Å²) in [4.78, 5) is 10.8. The number of hydrogen-bond acceptors (Lipinski definition) is 3. The SMILES string of the molecule is CC(C)(CC(=O)O)CC(O)c1cnn(-c2ccccc2)c1. The molecule has 5 heteroatoms. The van der Waals surface area contributed by atoms with Crippen LogP contribution in [0.15, 0.2) is 42.7 Å². The van der Waals surface area contributed by atoms with Crippen LogP contribution in [-0.2, 0) is 4.79 Å². The smallest absolute Gasteiger partial charge is 0.303 e. The first-order valence-corrected chi connectivity index (χ1v) is 6.87. The zero-order chi connectivity index (χ0) is 15.5. The second-order valence-electron chi connectivity index (χ2n) is 6.01. The molecule has 1 unspecified atom stereocenters. The first kappa shape index (κ1) is 15.3. The van der Waals surface area contributed by atoms with Crippen molar-refractivity contribution in [1.82, 2.24) is 9.78 Å². The summed E-state index contributed by atoms with van der Waals surface area (Å²) in [7, 11) is 0. The van der Waals surface area contributed by atoms with E-state index < -0.39 is 17.5 Å². The van der Waals surface area contributed by atoms with Crippen molar-refractivity contribution < 1.29 is 15.0 Å². The van der Waals surface area contributed by atoms with Gasteiger partial charge in [-0.1, -0.05) is 32.0 Å². The zero-order valence-electron chi connectivity index (χ0n) is 12.2. The largest absolute Gasteiger partial charge is 0.481 e. The minimum absolute atomic E-state index is 0.0247. The zero-order valence-corrected chi connectivity index (χ0v) is 12.2. The van der Waals surface area contributed by atoms with Gasteiger partial charge in [-0.25, -0.2) is 4.68 Å². The maximum Gasteiger partial charge on any atom is 0.303 e. The highest BCUT2D eigenvalue weighted by molar-refractivity contribution is 5.67. The van der Waals surface area contributed by atoms with E-state index in [-0.39, 0.29) is 6.42 Å². The maximum atomic E-state index is 10.8. The van der Waals surface area contributed by atoms with Gasteiger partial charge in [-0.15, -0.1) is 0 Å². The molecule has 1 aromatic heterocycles. The second-order valence-corrected chi connectivity index (χ2v) is 6.01. The Kier molecular flexibility index (Phi) is 4.43. The Morgan fingerprint density at radius 2 is 2.00 bits per heavy atom. The number of rotatable bonds is 6. The van der Waals surface area contributed by atoms with E-state index >= 15 is 0 Å². The van der Waals surface area contributed by atoms with Crippen molar-refractivity contribution in [3.63, 3.8) is 0 Å². The average Bonchev–Trinajstić information content (AvgIpc) is 2.87. The Hall–Kier alpha value is -2.14. The van der Waals surface area contributed by atoms with Crippen LogP contribution in [0.2, 0.25) is 0 Å². The summed E-state index contributed by atoms with van der Waals surface area (Å²) >= 11 is 0. The number of carboxylic acids is 1. The van der Waals surface area contributed by atoms with E-state index in [0.29, 0.717) is 12.0 Å². The van der Waals surface area contributed by atoms with Crippen molar-refractivity contribution in [1.29, 1.82) is 0 Å². The summed E-state index contributed by atoms with van der Waals surface area (Å²) in [5, 5.41) is 23.4. The van der Waals surface area contributed by atoms with Crippen LogP contribution in [0.5, 0.6) is 0 Å². The van der Waals surface area contributed by atoms with Gasteiger partial charge in [0.25, 0.3) is 0 Å². The van der Waals surface area contributed by atoms with Crippen LogP contribution in [0.25, 0.3) is 5.69 Å². The van der Waals surface area contributed by atoms with Gasteiger partial charge < -0.3 is 10.2 Å². The fourth-order valence-corrected chi connectivity index (χ4v) is 2.35. The number of nitrogens with zero attached hydrogens (tertiary/aromatic N) is 2. The molecule has 1 atom stereocenters. The van der Waals surface area contributed by atoms with E-state index in [1.54, 1.807) is 17.1 Å². The molecule has 2 N–H and O–H groups in total. The van der Waals surface area contributed by atoms with E-state index in [9.17, 15) is 9.90 Å². The minimum atomic E-state index is -0.854. The van der Waals surface area contributed by atoms with Gasteiger partial charge in [0.05, 0.1) is 24.4 Å². The summed E-state index contributed by atoms with van der Waals surface area (Å²) in [5.74, 6) is -0.854. The van der Waals surface area contributed by atoms with Gasteiger partial charge in [-0.2, -0.15) is 5.10 Å². The lowest BCUT2D eigenvalue weighted by atomic mass is 9.82. The Balaban J connectivity index is 2.09. The van der Waals surface area contributed by atoms with E-state index in [4.69, 9.17) is 5.11 Å². The predicted molar refractivity (Wildman–Crippen MR) is 79.2 cm³/mol. The molecular weight excluding hydrogens is 268 g/mol. The second kappa shape index (κ2) is 6.10. The Bertz CT molecular complexity index is 605. The van der Waals surface area contributed by atoms with Crippen LogP contribution >= 0.6 is 0 Å². The van der Waals surface area contributed by atoms with E-state index in [1.165, 1.54) is 0 Å². The molecule has 2 rings (SSSR count). The molecule has 0 spiro atoms. The summed E-state index contributed by atoms with van der Waals surface area (Å²) < 4.78 is 1.70. The fourth-order valence-electron chi connectivity index (χ4n) is 2.35. The third-order valence-electron chi connectivity index (χ3n) is 3.38. The number of aliphatic hydroxyl groups is 1. The molecule has 0 radical (unpaired) electrons. The highest BCUT2D eigenvalue weighted by atomic mass is 16.4. The third-order valence-corrected chi connectivity index (χ3v) is 3.38. The standard InChI is InChI=1S/C16H20N2O3/c1-16(2,9-15(20)21)8-14(19)12-10-17-18(11-12)13-6-4-3-5-7-13/h3-7,10-11,14,19H,8-9H2,1-2H3,(H,20,21). The lowest BCUT2D eigenvalue weighted by Gasteiger charge is -2.24. The van der Waals surface area contributed by atoms with E-state index in [0.717, 1.165) is 5.69 Å². The number of para-hydroxylation sites is 1. The Morgan fingerprint density at radius 3 is 2.62 bits per heavy atom. The summed E-state index contributed by atoms with van der Waals surface area (Å²) in [6.45, 7) is 3.68. The van der Waals surface area contributed by atoms with Crippen LogP contribution < -0.4 is 0 Å². The predicted octanol–water partition coefficient (Wildman–Crippen LogP) is 2.80. The van der Waals surface area contributed by atoms with Crippen molar-refractivity contribution >= 4 is 5.97 Å². The maximum absolute atomic E-state index is 10.8. The number of aliphatic carboxylic acids is 1. The molecule has 0 aliphatic rings. The molecular formula is C16H20N2O3. The molecule has 0 saturated carbocycles. The quantitative estimate of drug-likeness (QED) is 0.857. The molecule has 21 heavy (non-hydrogen) atoms. The molecule has 0 bridgehead atoms. The van der Waals surface area contributed by atoms with Crippen LogP contribution in [0.4, 0.5) is 0 Å². The molecule has 0 saturated heterocycles. The van der Waals surface area contributed by atoms with Gasteiger partial charge in [-0.05, 0) is 24.0 Å². The number of carbonyl (C=O) groups is 1. The van der Waals surface area contributed by atoms with Crippen molar-refractivity contribution in [2.75, 3.05) is 0 Å². The molecule has 1 heterocycles. The van der Waals surface area contributed by atoms with Crippen LogP contribution in [-0.4, -0.2) is 26.0 Å². The number of hydrogen-bond donors (Lipinski definition) is 2. The Morgan fingerprint density at radius 1 is 1.33 bits per heavy atom. The lowest BCUT2D eigenvalue weighted by Crippen LogP contribution is -2.20. The summed E-state index contributed by atoms with van der Waals surface area (Å²) in [5.41, 5.74) is 1.14. The van der Waals surface area contributed by atoms with E-state index in [2.05, 4.69) is 5.10 Å². The normalized spacial score (nSPS) is 13.1. The Labute approximate surface area is 123 Å². The average molecular weight is 288 g/mol. The van der Waals surface area contributed by atoms with E-state index in [1.807, 2.05) is 44.2 Å². The topological polar surface area (TPSA) is 75.3 Å².